The van der Waals surface area contributed by atoms with E-state index >= 15 is 0 Å². The molecule has 1 N–H and O–H groups in total. The smallest absolute Gasteiger partial charge is 0.271 e. The molecule has 0 radical (unpaired) electrons. The van der Waals surface area contributed by atoms with Crippen LogP contribution in [0.5, 0.6) is 0 Å². The molecule has 25 heavy (non-hydrogen) atoms. The summed E-state index contributed by atoms with van der Waals surface area (Å²) in [5.41, 5.74) is 2.05. The van der Waals surface area contributed by atoms with Gasteiger partial charge in [-0.3, -0.25) is 14.9 Å². The summed E-state index contributed by atoms with van der Waals surface area (Å²) >= 11 is 1.56. The van der Waals surface area contributed by atoms with Gasteiger partial charge in [-0.2, -0.15) is 0 Å². The van der Waals surface area contributed by atoms with Gasteiger partial charge in [0.1, 0.15) is 6.54 Å². The predicted octanol–water partition coefficient (Wildman–Crippen LogP) is 3.70. The number of nitro groups is 1. The number of fused-ring (bicyclic) bond motifs is 1. The predicted molar refractivity (Wildman–Crippen MR) is 97.9 cm³/mol. The molecule has 0 spiro atoms. The number of carbonyl (C=O) groups is 1. The van der Waals surface area contributed by atoms with Gasteiger partial charge in [0.15, 0.2) is 5.16 Å². The molecule has 0 aliphatic rings. The normalized spacial score (nSPS) is 10.8. The van der Waals surface area contributed by atoms with Crippen LogP contribution in [0.4, 0.5) is 11.4 Å². The number of nitro benzene ring substituents is 1. The average molecular weight is 356 g/mol. The van der Waals surface area contributed by atoms with Crippen molar-refractivity contribution in [3.8, 4) is 0 Å². The average Bonchev–Trinajstić information content (AvgIpc) is 2.93. The van der Waals surface area contributed by atoms with Gasteiger partial charge in [-0.15, -0.1) is 0 Å². The molecule has 0 atom stereocenters. The van der Waals surface area contributed by atoms with E-state index in [1.54, 1.807) is 23.9 Å². The van der Waals surface area contributed by atoms with Crippen LogP contribution in [0.1, 0.15) is 6.92 Å². The van der Waals surface area contributed by atoms with E-state index in [4.69, 9.17) is 0 Å². The number of anilines is 1. The van der Waals surface area contributed by atoms with E-state index in [2.05, 4.69) is 10.3 Å². The fraction of sp³-hybridized carbons (Fsp3) is 0.176. The third-order valence-electron chi connectivity index (χ3n) is 3.54. The van der Waals surface area contributed by atoms with Gasteiger partial charge in [0.05, 0.1) is 16.0 Å². The summed E-state index contributed by atoms with van der Waals surface area (Å²) in [7, 11) is 0. The van der Waals surface area contributed by atoms with Crippen molar-refractivity contribution >= 4 is 40.1 Å². The van der Waals surface area contributed by atoms with Crippen molar-refractivity contribution in [1.29, 1.82) is 0 Å². The number of hydrogen-bond acceptors (Lipinski definition) is 5. The van der Waals surface area contributed by atoms with E-state index in [-0.39, 0.29) is 18.1 Å². The molecule has 1 heterocycles. The quantitative estimate of drug-likeness (QED) is 0.413. The monoisotopic (exact) mass is 356 g/mol. The molecule has 0 unspecified atom stereocenters. The van der Waals surface area contributed by atoms with Gasteiger partial charge < -0.3 is 9.88 Å². The second kappa shape index (κ2) is 7.35. The highest BCUT2D eigenvalue weighted by molar-refractivity contribution is 7.99. The first kappa shape index (κ1) is 17.0. The first-order chi connectivity index (χ1) is 12.1. The topological polar surface area (TPSA) is 90.1 Å². The van der Waals surface area contributed by atoms with E-state index < -0.39 is 4.92 Å². The molecule has 0 saturated carbocycles. The Labute approximate surface area is 148 Å². The second-order valence-electron chi connectivity index (χ2n) is 5.26. The molecule has 0 saturated heterocycles. The van der Waals surface area contributed by atoms with Gasteiger partial charge in [0.2, 0.25) is 5.91 Å². The molecule has 2 aromatic carbocycles. The van der Waals surface area contributed by atoms with E-state index in [9.17, 15) is 14.9 Å². The maximum absolute atomic E-state index is 12.4. The van der Waals surface area contributed by atoms with Crippen LogP contribution < -0.4 is 5.32 Å². The zero-order valence-corrected chi connectivity index (χ0v) is 14.3. The van der Waals surface area contributed by atoms with Crippen LogP contribution in [-0.4, -0.2) is 26.1 Å². The molecule has 128 valence electrons. The maximum atomic E-state index is 12.4. The summed E-state index contributed by atoms with van der Waals surface area (Å²) in [5, 5.41) is 14.3. The van der Waals surface area contributed by atoms with Gasteiger partial charge >= 0.3 is 0 Å². The Bertz CT molecular complexity index is 939. The highest BCUT2D eigenvalue weighted by Gasteiger charge is 2.14. The largest absolute Gasteiger partial charge is 0.324 e. The first-order valence-corrected chi connectivity index (χ1v) is 8.69. The third-order valence-corrected chi connectivity index (χ3v) is 4.39. The van der Waals surface area contributed by atoms with Crippen LogP contribution in [0.15, 0.2) is 53.7 Å². The molecular formula is C17H16N4O3S. The van der Waals surface area contributed by atoms with Crippen molar-refractivity contribution in [3.05, 3.63) is 58.6 Å². The lowest BCUT2D eigenvalue weighted by Crippen LogP contribution is -2.19. The van der Waals surface area contributed by atoms with Crippen LogP contribution in [0.3, 0.4) is 0 Å². The van der Waals surface area contributed by atoms with Gasteiger partial charge in [0, 0.05) is 17.8 Å². The molecule has 8 heteroatoms. The van der Waals surface area contributed by atoms with Crippen molar-refractivity contribution in [2.24, 2.45) is 0 Å². The minimum atomic E-state index is -0.491. The number of nitrogens with zero attached hydrogens (tertiary/aromatic N) is 3. The van der Waals surface area contributed by atoms with E-state index in [0.717, 1.165) is 21.9 Å². The Kier molecular flexibility index (Phi) is 4.99. The number of imidazole rings is 1. The highest BCUT2D eigenvalue weighted by Crippen LogP contribution is 2.24. The number of para-hydroxylation sites is 2. The van der Waals surface area contributed by atoms with Crippen LogP contribution in [0.25, 0.3) is 11.0 Å². The van der Waals surface area contributed by atoms with E-state index in [0.29, 0.717) is 5.69 Å². The van der Waals surface area contributed by atoms with Gasteiger partial charge in [-0.25, -0.2) is 4.98 Å². The zero-order chi connectivity index (χ0) is 17.8. The Morgan fingerprint density at radius 3 is 2.84 bits per heavy atom. The van der Waals surface area contributed by atoms with Crippen molar-refractivity contribution < 1.29 is 9.72 Å². The molecule has 0 aliphatic carbocycles. The summed E-state index contributed by atoms with van der Waals surface area (Å²) in [6.07, 6.45) is 0. The molecule has 7 nitrogen and oxygen atoms in total. The molecule has 0 aliphatic heterocycles. The number of amides is 1. The van der Waals surface area contributed by atoms with Crippen molar-refractivity contribution in [2.75, 3.05) is 11.1 Å². The first-order valence-electron chi connectivity index (χ1n) is 7.71. The van der Waals surface area contributed by atoms with Gasteiger partial charge in [-0.1, -0.05) is 36.9 Å². The lowest BCUT2D eigenvalue weighted by Gasteiger charge is -2.09. The SMILES string of the molecule is CCSc1nc2ccccc2n1CC(=O)Nc1cccc([N+](=O)[O-])c1. The van der Waals surface area contributed by atoms with Crippen molar-refractivity contribution in [3.63, 3.8) is 0 Å². The number of nitrogens with one attached hydrogen (secondary N) is 1. The number of benzene rings is 2. The minimum absolute atomic E-state index is 0.0619. The Morgan fingerprint density at radius 1 is 1.28 bits per heavy atom. The maximum Gasteiger partial charge on any atom is 0.271 e. The Hall–Kier alpha value is -2.87. The standard InChI is InChI=1S/C17H16N4O3S/c1-2-25-17-19-14-8-3-4-9-15(14)20(17)11-16(22)18-12-6-5-7-13(10-12)21(23)24/h3-10H,2,11H2,1H3,(H,18,22). The highest BCUT2D eigenvalue weighted by atomic mass is 32.2. The fourth-order valence-electron chi connectivity index (χ4n) is 2.49. The van der Waals surface area contributed by atoms with Crippen LogP contribution in [0.2, 0.25) is 0 Å². The second-order valence-corrected chi connectivity index (χ2v) is 6.49. The number of rotatable bonds is 6. The zero-order valence-electron chi connectivity index (χ0n) is 13.5. The minimum Gasteiger partial charge on any atom is -0.324 e. The molecular weight excluding hydrogens is 340 g/mol. The molecule has 1 amide bonds. The van der Waals surface area contributed by atoms with Crippen LogP contribution in [0, 0.1) is 10.1 Å². The van der Waals surface area contributed by atoms with Crippen LogP contribution >= 0.6 is 11.8 Å². The lowest BCUT2D eigenvalue weighted by atomic mass is 10.3. The van der Waals surface area contributed by atoms with E-state index in [1.165, 1.54) is 12.1 Å². The molecule has 3 rings (SSSR count). The van der Waals surface area contributed by atoms with Gasteiger partial charge in [0.25, 0.3) is 5.69 Å². The molecule has 0 fully saturated rings. The van der Waals surface area contributed by atoms with Crippen molar-refractivity contribution in [2.45, 2.75) is 18.6 Å². The fourth-order valence-corrected chi connectivity index (χ4v) is 3.23. The summed E-state index contributed by atoms with van der Waals surface area (Å²) in [6.45, 7) is 2.11. The summed E-state index contributed by atoms with van der Waals surface area (Å²) in [6, 6.07) is 13.5. The number of hydrogen-bond donors (Lipinski definition) is 1. The number of carbonyl (C=O) groups excluding carboxylic acids is 1. The molecule has 3 aromatic rings. The summed E-state index contributed by atoms with van der Waals surface area (Å²) in [4.78, 5) is 27.3. The number of non-ortho nitro benzene ring substituents is 1. The number of aromatic nitrogens is 2. The van der Waals surface area contributed by atoms with Crippen molar-refractivity contribution in [1.82, 2.24) is 9.55 Å². The van der Waals surface area contributed by atoms with E-state index in [1.807, 2.05) is 35.8 Å². The lowest BCUT2D eigenvalue weighted by molar-refractivity contribution is -0.384. The Morgan fingerprint density at radius 2 is 2.08 bits per heavy atom. The third kappa shape index (κ3) is 3.80. The molecule has 0 bridgehead atoms. The summed E-state index contributed by atoms with van der Waals surface area (Å²) in [5.74, 6) is 0.581. The van der Waals surface area contributed by atoms with Gasteiger partial charge in [-0.05, 0) is 24.0 Å². The summed E-state index contributed by atoms with van der Waals surface area (Å²) < 4.78 is 1.86. The Balaban J connectivity index is 1.83. The van der Waals surface area contributed by atoms with Crippen LogP contribution in [-0.2, 0) is 11.3 Å². The number of thioether (sulfide) groups is 1. The molecule has 1 aromatic heterocycles.